The van der Waals surface area contributed by atoms with Gasteiger partial charge in [0.05, 0.1) is 5.52 Å². The topological polar surface area (TPSA) is 16.1 Å². The Kier molecular flexibility index (Phi) is 2.46. The maximum absolute atomic E-state index is 4.47. The van der Waals surface area contributed by atoms with E-state index in [4.69, 9.17) is 0 Å². The van der Waals surface area contributed by atoms with Crippen LogP contribution in [0.5, 0.6) is 0 Å². The molecule has 0 spiro atoms. The van der Waals surface area contributed by atoms with E-state index < -0.39 is 0 Å². The molecule has 2 atom stereocenters. The lowest BCUT2D eigenvalue weighted by Crippen LogP contribution is -2.34. The highest BCUT2D eigenvalue weighted by molar-refractivity contribution is 5.83. The minimum Gasteiger partial charge on any atom is -0.297 e. The molecule has 0 N–H and O–H groups in total. The number of likely N-dealkylation sites (N-methyl/N-ethyl adjacent to an activating group) is 1. The highest BCUT2D eigenvalue weighted by atomic mass is 15.2. The van der Waals surface area contributed by atoms with E-state index in [-0.39, 0.29) is 0 Å². The fourth-order valence-electron chi connectivity index (χ4n) is 3.52. The zero-order valence-corrected chi connectivity index (χ0v) is 11.2. The van der Waals surface area contributed by atoms with E-state index in [2.05, 4.69) is 47.3 Å². The second kappa shape index (κ2) is 4.17. The summed E-state index contributed by atoms with van der Waals surface area (Å²) in [7, 11) is 2.26. The van der Waals surface area contributed by atoms with Gasteiger partial charge in [-0.25, -0.2) is 0 Å². The van der Waals surface area contributed by atoms with Gasteiger partial charge in [-0.3, -0.25) is 9.88 Å². The second-order valence-corrected chi connectivity index (χ2v) is 5.77. The number of pyridine rings is 1. The van der Waals surface area contributed by atoms with Crippen molar-refractivity contribution in [3.8, 4) is 0 Å². The second-order valence-electron chi connectivity index (χ2n) is 5.77. The van der Waals surface area contributed by atoms with Gasteiger partial charge in [-0.15, -0.1) is 0 Å². The van der Waals surface area contributed by atoms with Gasteiger partial charge in [0.15, 0.2) is 0 Å². The zero-order chi connectivity index (χ0) is 12.8. The lowest BCUT2D eigenvalue weighted by molar-refractivity contribution is 0.264. The van der Waals surface area contributed by atoms with E-state index in [0.29, 0.717) is 6.04 Å². The first-order chi connectivity index (χ1) is 9.31. The highest BCUT2D eigenvalue weighted by Crippen LogP contribution is 2.37. The van der Waals surface area contributed by atoms with Crippen molar-refractivity contribution in [2.45, 2.75) is 31.3 Å². The Bertz CT molecular complexity index is 659. The summed E-state index contributed by atoms with van der Waals surface area (Å²) in [4.78, 5) is 7.00. The minimum absolute atomic E-state index is 0.646. The third-order valence-corrected chi connectivity index (χ3v) is 4.72. The molecule has 2 unspecified atom stereocenters. The average Bonchev–Trinajstić information content (AvgIpc) is 2.68. The third-order valence-electron chi connectivity index (χ3n) is 4.72. The molecule has 2 heteroatoms. The molecule has 2 aliphatic heterocycles. The maximum atomic E-state index is 4.47. The van der Waals surface area contributed by atoms with Crippen molar-refractivity contribution >= 4 is 16.5 Å². The first-order valence-electron chi connectivity index (χ1n) is 7.09. The van der Waals surface area contributed by atoms with Crippen LogP contribution < -0.4 is 0 Å². The molecule has 1 fully saturated rings. The Morgan fingerprint density at radius 3 is 3.05 bits per heavy atom. The Hall–Kier alpha value is -1.67. The largest absolute Gasteiger partial charge is 0.297 e. The number of nitrogens with zero attached hydrogens (tertiary/aromatic N) is 2. The number of benzene rings is 1. The summed E-state index contributed by atoms with van der Waals surface area (Å²) in [5.74, 6) is 0. The van der Waals surface area contributed by atoms with Gasteiger partial charge in [0.1, 0.15) is 0 Å². The number of rotatable bonds is 1. The summed E-state index contributed by atoms with van der Waals surface area (Å²) in [6, 6.07) is 12.2. The predicted octanol–water partition coefficient (Wildman–Crippen LogP) is 3.48. The molecule has 2 aromatic rings. The summed E-state index contributed by atoms with van der Waals surface area (Å²) in [5.41, 5.74) is 3.97. The van der Waals surface area contributed by atoms with E-state index >= 15 is 0 Å². The molecule has 0 saturated carbocycles. The summed E-state index contributed by atoms with van der Waals surface area (Å²) in [6.07, 6.45) is 8.18. The van der Waals surface area contributed by atoms with E-state index in [0.717, 1.165) is 11.6 Å². The molecule has 3 heterocycles. The molecule has 0 radical (unpaired) electrons. The van der Waals surface area contributed by atoms with E-state index in [9.17, 15) is 0 Å². The van der Waals surface area contributed by atoms with Gasteiger partial charge >= 0.3 is 0 Å². The molecule has 2 aliphatic rings. The van der Waals surface area contributed by atoms with Gasteiger partial charge < -0.3 is 0 Å². The van der Waals surface area contributed by atoms with Gasteiger partial charge in [0.25, 0.3) is 0 Å². The number of fused-ring (bicyclic) bond motifs is 3. The summed E-state index contributed by atoms with van der Waals surface area (Å²) in [5, 5.41) is 1.22. The molecule has 19 heavy (non-hydrogen) atoms. The Morgan fingerprint density at radius 2 is 2.16 bits per heavy atom. The van der Waals surface area contributed by atoms with Crippen LogP contribution in [0.2, 0.25) is 0 Å². The summed E-state index contributed by atoms with van der Waals surface area (Å²) >= 11 is 0. The standard InChI is InChI=1S/C17H18N2/c1-19-15-6-7-16(19)10-14(9-15)13-5-4-12-3-2-8-18-17(12)11-13/h2-5,8-9,11,15-16H,6-7,10H2,1H3. The van der Waals surface area contributed by atoms with Crippen LogP contribution in [0.1, 0.15) is 24.8 Å². The minimum atomic E-state index is 0.646. The Labute approximate surface area is 113 Å². The fourth-order valence-corrected chi connectivity index (χ4v) is 3.52. The van der Waals surface area contributed by atoms with Crippen LogP contribution in [-0.2, 0) is 0 Å². The van der Waals surface area contributed by atoms with Crippen LogP contribution in [-0.4, -0.2) is 29.0 Å². The normalized spacial score (nSPS) is 26.7. The summed E-state index contributed by atoms with van der Waals surface area (Å²) < 4.78 is 0. The Morgan fingerprint density at radius 1 is 1.21 bits per heavy atom. The smallest absolute Gasteiger partial charge is 0.0708 e. The van der Waals surface area contributed by atoms with Crippen LogP contribution in [0.25, 0.3) is 16.5 Å². The average molecular weight is 250 g/mol. The number of hydrogen-bond donors (Lipinski definition) is 0. The molecule has 1 aromatic carbocycles. The molecule has 96 valence electrons. The number of aromatic nitrogens is 1. The first kappa shape index (κ1) is 11.2. The van der Waals surface area contributed by atoms with Crippen molar-refractivity contribution in [2.24, 2.45) is 0 Å². The van der Waals surface area contributed by atoms with Crippen molar-refractivity contribution in [1.82, 2.24) is 9.88 Å². The highest BCUT2D eigenvalue weighted by Gasteiger charge is 2.33. The SMILES string of the molecule is CN1C2C=C(c3ccc4cccnc4c3)CC1CC2. The van der Waals surface area contributed by atoms with E-state index in [1.54, 1.807) is 0 Å². The maximum Gasteiger partial charge on any atom is 0.0708 e. The molecule has 0 amide bonds. The van der Waals surface area contributed by atoms with Crippen LogP contribution in [0.3, 0.4) is 0 Å². The van der Waals surface area contributed by atoms with Crippen molar-refractivity contribution < 1.29 is 0 Å². The fraction of sp³-hybridized carbons (Fsp3) is 0.353. The molecule has 2 bridgehead atoms. The van der Waals surface area contributed by atoms with Gasteiger partial charge in [-0.05, 0) is 49.6 Å². The van der Waals surface area contributed by atoms with Crippen LogP contribution in [0.4, 0.5) is 0 Å². The van der Waals surface area contributed by atoms with Crippen molar-refractivity contribution in [3.63, 3.8) is 0 Å². The van der Waals surface area contributed by atoms with Crippen molar-refractivity contribution in [3.05, 3.63) is 48.2 Å². The van der Waals surface area contributed by atoms with Crippen LogP contribution in [0, 0.1) is 0 Å². The van der Waals surface area contributed by atoms with Crippen LogP contribution in [0.15, 0.2) is 42.6 Å². The Balaban J connectivity index is 1.77. The van der Waals surface area contributed by atoms with Crippen molar-refractivity contribution in [2.75, 3.05) is 7.05 Å². The molecule has 2 nitrogen and oxygen atoms in total. The third kappa shape index (κ3) is 1.79. The molecular formula is C17H18N2. The molecule has 1 aromatic heterocycles. The molecule has 1 saturated heterocycles. The first-order valence-corrected chi connectivity index (χ1v) is 7.09. The quantitative estimate of drug-likeness (QED) is 0.770. The molecule has 4 rings (SSSR count). The zero-order valence-electron chi connectivity index (χ0n) is 11.2. The lowest BCUT2D eigenvalue weighted by Gasteiger charge is -2.30. The predicted molar refractivity (Wildman–Crippen MR) is 78.9 cm³/mol. The van der Waals surface area contributed by atoms with E-state index in [1.165, 1.54) is 35.8 Å². The van der Waals surface area contributed by atoms with Gasteiger partial charge in [0, 0.05) is 23.7 Å². The molecule has 0 aliphatic carbocycles. The lowest BCUT2D eigenvalue weighted by atomic mass is 9.94. The van der Waals surface area contributed by atoms with Crippen LogP contribution >= 0.6 is 0 Å². The number of hydrogen-bond acceptors (Lipinski definition) is 2. The van der Waals surface area contributed by atoms with Gasteiger partial charge in [-0.2, -0.15) is 0 Å². The van der Waals surface area contributed by atoms with Gasteiger partial charge in [0.2, 0.25) is 0 Å². The monoisotopic (exact) mass is 250 g/mol. The van der Waals surface area contributed by atoms with Crippen molar-refractivity contribution in [1.29, 1.82) is 0 Å². The summed E-state index contributed by atoms with van der Waals surface area (Å²) in [6.45, 7) is 0. The van der Waals surface area contributed by atoms with E-state index in [1.807, 2.05) is 12.3 Å². The van der Waals surface area contributed by atoms with Gasteiger partial charge in [-0.1, -0.05) is 24.3 Å². The molecular weight excluding hydrogens is 232 g/mol.